The summed E-state index contributed by atoms with van der Waals surface area (Å²) >= 11 is 0. The molecule has 0 atom stereocenters. The molecule has 0 spiro atoms. The van der Waals surface area contributed by atoms with Gasteiger partial charge in [-0.05, 0) is 0 Å². The molecule has 0 aromatic heterocycles. The summed E-state index contributed by atoms with van der Waals surface area (Å²) in [6, 6.07) is 9.02. The Morgan fingerprint density at radius 3 is 1.94 bits per heavy atom. The maximum absolute atomic E-state index is 10.4. The molecule has 1 rings (SSSR count). The predicted octanol–water partition coefficient (Wildman–Crippen LogP) is 3.17. The van der Waals surface area contributed by atoms with Gasteiger partial charge in [0, 0.05) is 0 Å². The number of para-hydroxylation sites is 1. The zero-order chi connectivity index (χ0) is 12.1. The van der Waals surface area contributed by atoms with E-state index in [9.17, 15) is 9.79 Å². The molecule has 0 radical (unpaired) electrons. The Balaban J connectivity index is 2.87. The molecular formula is C12H21O3P. The SMILES string of the molecule is CCCP(O)(O)(CCC)Oc1ccccc1. The molecule has 1 aromatic carbocycles. The molecule has 0 fully saturated rings. The minimum absolute atomic E-state index is 0.328. The Morgan fingerprint density at radius 1 is 1.00 bits per heavy atom. The second kappa shape index (κ2) is 5.13. The normalized spacial score (nSPS) is 14.1. The first kappa shape index (κ1) is 13.4. The first-order valence-electron chi connectivity index (χ1n) is 5.74. The fourth-order valence-electron chi connectivity index (χ4n) is 1.83. The van der Waals surface area contributed by atoms with Crippen molar-refractivity contribution in [3.8, 4) is 5.75 Å². The van der Waals surface area contributed by atoms with Crippen molar-refractivity contribution in [2.24, 2.45) is 0 Å². The van der Waals surface area contributed by atoms with Gasteiger partial charge < -0.3 is 0 Å². The van der Waals surface area contributed by atoms with E-state index in [2.05, 4.69) is 0 Å². The van der Waals surface area contributed by atoms with Crippen molar-refractivity contribution in [2.75, 3.05) is 12.3 Å². The number of hydrogen-bond acceptors (Lipinski definition) is 3. The molecule has 92 valence electrons. The Kier molecular flexibility index (Phi) is 4.31. The van der Waals surface area contributed by atoms with Crippen LogP contribution in [0.3, 0.4) is 0 Å². The van der Waals surface area contributed by atoms with Crippen molar-refractivity contribution in [2.45, 2.75) is 26.7 Å². The Labute approximate surface area is 97.3 Å². The molecule has 0 unspecified atom stereocenters. The maximum atomic E-state index is 10.4. The molecule has 0 saturated heterocycles. The zero-order valence-corrected chi connectivity index (χ0v) is 10.9. The Bertz CT molecular complexity index is 314. The molecule has 16 heavy (non-hydrogen) atoms. The Morgan fingerprint density at radius 2 is 1.50 bits per heavy atom. The van der Waals surface area contributed by atoms with Gasteiger partial charge in [0.15, 0.2) is 0 Å². The van der Waals surface area contributed by atoms with Crippen LogP contribution in [0.4, 0.5) is 0 Å². The second-order valence-corrected chi connectivity index (χ2v) is 7.83. The average Bonchev–Trinajstić information content (AvgIpc) is 2.18. The molecular weight excluding hydrogens is 223 g/mol. The number of benzene rings is 1. The minimum atomic E-state index is -3.96. The van der Waals surface area contributed by atoms with Gasteiger partial charge in [-0.1, -0.05) is 0 Å². The van der Waals surface area contributed by atoms with E-state index in [4.69, 9.17) is 4.52 Å². The fraction of sp³-hybridized carbons (Fsp3) is 0.500. The van der Waals surface area contributed by atoms with Crippen molar-refractivity contribution >= 4 is 7.28 Å². The first-order chi connectivity index (χ1) is 7.48. The van der Waals surface area contributed by atoms with Gasteiger partial charge >= 0.3 is 96.7 Å². The van der Waals surface area contributed by atoms with Crippen LogP contribution in [0.15, 0.2) is 30.3 Å². The van der Waals surface area contributed by atoms with Crippen LogP contribution in [0, 0.1) is 0 Å². The van der Waals surface area contributed by atoms with Crippen molar-refractivity contribution in [1.29, 1.82) is 0 Å². The van der Waals surface area contributed by atoms with Crippen molar-refractivity contribution in [3.05, 3.63) is 30.3 Å². The van der Waals surface area contributed by atoms with E-state index in [1.807, 2.05) is 32.0 Å². The summed E-state index contributed by atoms with van der Waals surface area (Å²) in [6.07, 6.45) is 2.07. The summed E-state index contributed by atoms with van der Waals surface area (Å²) in [6.45, 7) is 3.86. The molecule has 0 amide bonds. The van der Waals surface area contributed by atoms with E-state index >= 15 is 0 Å². The number of rotatable bonds is 6. The van der Waals surface area contributed by atoms with E-state index in [-0.39, 0.29) is 0 Å². The van der Waals surface area contributed by atoms with Gasteiger partial charge in [-0.2, -0.15) is 0 Å². The predicted molar refractivity (Wildman–Crippen MR) is 68.7 cm³/mol. The second-order valence-electron chi connectivity index (χ2n) is 4.15. The summed E-state index contributed by atoms with van der Waals surface area (Å²) in [5, 5.41) is 0. The van der Waals surface area contributed by atoms with Crippen LogP contribution < -0.4 is 4.52 Å². The van der Waals surface area contributed by atoms with Crippen molar-refractivity contribution in [3.63, 3.8) is 0 Å². The summed E-state index contributed by atoms with van der Waals surface area (Å²) in [4.78, 5) is 20.8. The van der Waals surface area contributed by atoms with E-state index in [0.717, 1.165) is 0 Å². The number of hydrogen-bond donors (Lipinski definition) is 2. The van der Waals surface area contributed by atoms with Gasteiger partial charge in [0.25, 0.3) is 0 Å². The third-order valence-corrected chi connectivity index (χ3v) is 5.73. The van der Waals surface area contributed by atoms with Gasteiger partial charge in [0.05, 0.1) is 0 Å². The molecule has 0 heterocycles. The molecule has 3 nitrogen and oxygen atoms in total. The van der Waals surface area contributed by atoms with Gasteiger partial charge in [-0.3, -0.25) is 0 Å². The van der Waals surface area contributed by atoms with E-state index in [1.54, 1.807) is 12.1 Å². The molecule has 4 heteroatoms. The summed E-state index contributed by atoms with van der Waals surface area (Å²) < 4.78 is 5.51. The zero-order valence-electron chi connectivity index (χ0n) is 9.97. The quantitative estimate of drug-likeness (QED) is 0.756. The monoisotopic (exact) mass is 244 g/mol. The van der Waals surface area contributed by atoms with Crippen LogP contribution in [0.25, 0.3) is 0 Å². The molecule has 1 aromatic rings. The van der Waals surface area contributed by atoms with Gasteiger partial charge in [-0.25, -0.2) is 0 Å². The van der Waals surface area contributed by atoms with E-state index in [1.165, 1.54) is 0 Å². The van der Waals surface area contributed by atoms with E-state index in [0.29, 0.717) is 30.9 Å². The molecule has 0 aliphatic carbocycles. The topological polar surface area (TPSA) is 49.7 Å². The standard InChI is InChI=1S/C12H21O3P/c1-3-10-16(13,14,11-4-2)15-12-8-6-5-7-9-12/h5-9,13-14H,3-4,10-11H2,1-2H3. The van der Waals surface area contributed by atoms with Gasteiger partial charge in [0.1, 0.15) is 0 Å². The van der Waals surface area contributed by atoms with Crippen LogP contribution in [0.5, 0.6) is 5.75 Å². The third kappa shape index (κ3) is 3.75. The fourth-order valence-corrected chi connectivity index (χ4v) is 4.64. The molecule has 0 aliphatic heterocycles. The van der Waals surface area contributed by atoms with E-state index < -0.39 is 7.28 Å². The summed E-state index contributed by atoms with van der Waals surface area (Å²) in [5.74, 6) is 0.534. The molecule has 0 bridgehead atoms. The molecule has 2 N–H and O–H groups in total. The van der Waals surface area contributed by atoms with Crippen LogP contribution in [-0.4, -0.2) is 22.1 Å². The summed E-state index contributed by atoms with van der Waals surface area (Å²) in [5.41, 5.74) is 0. The van der Waals surface area contributed by atoms with Crippen molar-refractivity contribution < 1.29 is 14.3 Å². The van der Waals surface area contributed by atoms with Gasteiger partial charge in [0.2, 0.25) is 0 Å². The van der Waals surface area contributed by atoms with Gasteiger partial charge in [-0.15, -0.1) is 0 Å². The average molecular weight is 244 g/mol. The third-order valence-electron chi connectivity index (χ3n) is 2.41. The van der Waals surface area contributed by atoms with Crippen molar-refractivity contribution in [1.82, 2.24) is 0 Å². The van der Waals surface area contributed by atoms with Crippen LogP contribution in [0.2, 0.25) is 0 Å². The van der Waals surface area contributed by atoms with Crippen LogP contribution in [0.1, 0.15) is 26.7 Å². The molecule has 0 saturated carbocycles. The molecule has 0 aliphatic rings. The first-order valence-corrected chi connectivity index (χ1v) is 8.17. The van der Waals surface area contributed by atoms with Crippen LogP contribution >= 0.6 is 7.28 Å². The van der Waals surface area contributed by atoms with Crippen LogP contribution in [-0.2, 0) is 0 Å². The summed E-state index contributed by atoms with van der Waals surface area (Å²) in [7, 11) is -3.96. The Hall–Kier alpha value is -0.630.